The first-order valence-corrected chi connectivity index (χ1v) is 17.6. The molecule has 4 aliphatic heterocycles. The maximum absolute atomic E-state index is 13.9. The van der Waals surface area contributed by atoms with Gasteiger partial charge in [-0.1, -0.05) is 60.7 Å². The number of ether oxygens (including phenoxy) is 1. The minimum absolute atomic E-state index is 0.0163. The average molecular weight is 650 g/mol. The zero-order valence-electron chi connectivity index (χ0n) is 28.4. The van der Waals surface area contributed by atoms with E-state index in [-0.39, 0.29) is 35.9 Å². The maximum atomic E-state index is 13.9. The zero-order valence-corrected chi connectivity index (χ0v) is 28.4. The van der Waals surface area contributed by atoms with Crippen LogP contribution in [0.4, 0.5) is 4.79 Å². The summed E-state index contributed by atoms with van der Waals surface area (Å²) in [5, 5.41) is 0. The third-order valence-corrected chi connectivity index (χ3v) is 10.4. The molecule has 4 saturated heterocycles. The third-order valence-electron chi connectivity index (χ3n) is 10.4. The molecule has 0 saturated carbocycles. The van der Waals surface area contributed by atoms with Crippen LogP contribution >= 0.6 is 0 Å². The lowest BCUT2D eigenvalue weighted by atomic mass is 9.92. The Hall–Kier alpha value is -4.24. The van der Waals surface area contributed by atoms with Crippen LogP contribution in [-0.4, -0.2) is 105 Å². The summed E-state index contributed by atoms with van der Waals surface area (Å²) < 4.78 is 5.61. The van der Waals surface area contributed by atoms with Crippen LogP contribution in [0.2, 0.25) is 0 Å². The van der Waals surface area contributed by atoms with Gasteiger partial charge in [0.1, 0.15) is 5.60 Å². The number of pyridine rings is 1. The minimum atomic E-state index is -0.528. The van der Waals surface area contributed by atoms with E-state index in [4.69, 9.17) is 9.72 Å². The highest BCUT2D eigenvalue weighted by atomic mass is 16.6. The van der Waals surface area contributed by atoms with Gasteiger partial charge in [-0.05, 0) is 71.6 Å². The van der Waals surface area contributed by atoms with Crippen LogP contribution < -0.4 is 0 Å². The minimum Gasteiger partial charge on any atom is -0.444 e. The van der Waals surface area contributed by atoms with E-state index in [0.717, 1.165) is 67.7 Å². The molecule has 3 atom stereocenters. The molecule has 5 heterocycles. The lowest BCUT2D eigenvalue weighted by Crippen LogP contribution is -2.55. The van der Waals surface area contributed by atoms with E-state index < -0.39 is 5.60 Å². The number of carbonyl (C=O) groups is 3. The molecule has 4 fully saturated rings. The van der Waals surface area contributed by atoms with E-state index in [1.807, 2.05) is 108 Å². The fourth-order valence-corrected chi connectivity index (χ4v) is 8.04. The summed E-state index contributed by atoms with van der Waals surface area (Å²) in [5.41, 5.74) is 3.69. The Kier molecular flexibility index (Phi) is 8.98. The number of nitrogens with zero attached hydrogens (tertiary/aromatic N) is 5. The van der Waals surface area contributed by atoms with Crippen LogP contribution in [0, 0.1) is 5.92 Å². The Labute approximate surface area is 283 Å². The summed E-state index contributed by atoms with van der Waals surface area (Å²) in [5.74, 6) is 0.267. The molecule has 1 aromatic heterocycles. The van der Waals surface area contributed by atoms with Gasteiger partial charge in [-0.3, -0.25) is 14.5 Å². The predicted octanol–water partition coefficient (Wildman–Crippen LogP) is 5.95. The number of likely N-dealkylation sites (tertiary alicyclic amines) is 4. The molecule has 9 heteroatoms. The summed E-state index contributed by atoms with van der Waals surface area (Å²) in [7, 11) is 0. The first kappa shape index (κ1) is 32.3. The second-order valence-electron chi connectivity index (χ2n) is 14.9. The highest BCUT2D eigenvalue weighted by molar-refractivity contribution is 5.96. The van der Waals surface area contributed by atoms with Crippen molar-refractivity contribution in [2.45, 2.75) is 76.6 Å². The molecule has 7 rings (SSSR count). The average Bonchev–Trinajstić information content (AvgIpc) is 3.73. The molecule has 252 valence electrons. The van der Waals surface area contributed by atoms with Crippen molar-refractivity contribution in [3.8, 4) is 22.5 Å². The smallest absolute Gasteiger partial charge is 0.410 e. The van der Waals surface area contributed by atoms with Gasteiger partial charge in [0.2, 0.25) is 5.91 Å². The van der Waals surface area contributed by atoms with Gasteiger partial charge in [0.15, 0.2) is 0 Å². The van der Waals surface area contributed by atoms with Crippen molar-refractivity contribution in [3.63, 3.8) is 0 Å². The summed E-state index contributed by atoms with van der Waals surface area (Å²) in [4.78, 5) is 53.7. The van der Waals surface area contributed by atoms with Crippen molar-refractivity contribution in [1.82, 2.24) is 24.6 Å². The van der Waals surface area contributed by atoms with E-state index in [9.17, 15) is 14.4 Å². The second-order valence-corrected chi connectivity index (χ2v) is 14.9. The largest absolute Gasteiger partial charge is 0.444 e. The number of piperazine rings is 1. The third kappa shape index (κ3) is 6.83. The molecular weight excluding hydrogens is 602 g/mol. The van der Waals surface area contributed by atoms with Crippen LogP contribution in [0.3, 0.4) is 0 Å². The second kappa shape index (κ2) is 13.3. The van der Waals surface area contributed by atoms with Crippen LogP contribution in [0.5, 0.6) is 0 Å². The van der Waals surface area contributed by atoms with Crippen molar-refractivity contribution in [2.75, 3.05) is 39.3 Å². The molecule has 3 aromatic rings. The van der Waals surface area contributed by atoms with E-state index in [2.05, 4.69) is 4.90 Å². The quantitative estimate of drug-likeness (QED) is 0.340. The fourth-order valence-electron chi connectivity index (χ4n) is 8.04. The Morgan fingerprint density at radius 1 is 0.729 bits per heavy atom. The predicted molar refractivity (Wildman–Crippen MR) is 185 cm³/mol. The topological polar surface area (TPSA) is 86.3 Å². The van der Waals surface area contributed by atoms with Crippen LogP contribution in [0.1, 0.15) is 63.2 Å². The number of aromatic nitrogens is 1. The highest BCUT2D eigenvalue weighted by Gasteiger charge is 2.49. The van der Waals surface area contributed by atoms with Gasteiger partial charge in [-0.15, -0.1) is 0 Å². The Morgan fingerprint density at radius 3 is 1.88 bits per heavy atom. The molecule has 0 radical (unpaired) electrons. The Bertz CT molecular complexity index is 1580. The number of piperidine rings is 2. The van der Waals surface area contributed by atoms with Crippen molar-refractivity contribution in [2.24, 2.45) is 5.92 Å². The first-order valence-electron chi connectivity index (χ1n) is 17.6. The number of carbonyl (C=O) groups excluding carboxylic acids is 3. The molecule has 0 aliphatic carbocycles. The summed E-state index contributed by atoms with van der Waals surface area (Å²) in [6, 6.07) is 24.4. The normalized spacial score (nSPS) is 23.4. The number of hydrogen-bond acceptors (Lipinski definition) is 6. The SMILES string of the molecule is CC(C)(C)OC(=O)N1CC2CC1CN2C(=O)[C@@H]1CCCN(C2CCN(C(=O)c3cc(-c4ccccc4)nc(-c4ccccc4)c3)CC2)C1. The zero-order chi connectivity index (χ0) is 33.4. The van der Waals surface area contributed by atoms with Gasteiger partial charge in [-0.2, -0.15) is 0 Å². The van der Waals surface area contributed by atoms with Gasteiger partial charge < -0.3 is 19.4 Å². The van der Waals surface area contributed by atoms with Crippen LogP contribution in [0.15, 0.2) is 72.8 Å². The molecular formula is C39H47N5O4. The van der Waals surface area contributed by atoms with E-state index >= 15 is 0 Å². The molecule has 2 bridgehead atoms. The van der Waals surface area contributed by atoms with Crippen LogP contribution in [0.25, 0.3) is 22.5 Å². The van der Waals surface area contributed by atoms with E-state index in [1.165, 1.54) is 0 Å². The van der Waals surface area contributed by atoms with Gasteiger partial charge in [-0.25, -0.2) is 9.78 Å². The Balaban J connectivity index is 0.966. The maximum Gasteiger partial charge on any atom is 0.410 e. The van der Waals surface area contributed by atoms with Gasteiger partial charge in [0, 0.05) is 55.5 Å². The first-order chi connectivity index (χ1) is 23.1. The van der Waals surface area contributed by atoms with Gasteiger partial charge in [0.25, 0.3) is 5.91 Å². The summed E-state index contributed by atoms with van der Waals surface area (Å²) >= 11 is 0. The fraction of sp³-hybridized carbons (Fsp3) is 0.487. The molecule has 0 spiro atoms. The number of fused-ring (bicyclic) bond motifs is 2. The summed E-state index contributed by atoms with van der Waals surface area (Å²) in [6.45, 7) is 9.97. The standard InChI is InChI=1S/C39H47N5O4/c1-39(2,3)48-38(47)44-26-32-23-33(44)25-43(32)37(46)29-15-10-18-42(24-29)31-16-19-41(20-17-31)36(45)30-21-34(27-11-6-4-7-12-27)40-35(22-30)28-13-8-5-9-14-28/h4-9,11-14,21-22,29,31-33H,10,15-20,23-26H2,1-3H3/t29-,32?,33?/m1/s1. The van der Waals surface area contributed by atoms with Crippen molar-refractivity contribution in [3.05, 3.63) is 78.4 Å². The van der Waals surface area contributed by atoms with E-state index in [1.54, 1.807) is 0 Å². The van der Waals surface area contributed by atoms with Gasteiger partial charge >= 0.3 is 6.09 Å². The summed E-state index contributed by atoms with van der Waals surface area (Å²) in [6.07, 6.45) is 4.27. The number of hydrogen-bond donors (Lipinski definition) is 0. The van der Waals surface area contributed by atoms with Gasteiger partial charge in [0.05, 0.1) is 29.4 Å². The number of rotatable bonds is 5. The van der Waals surface area contributed by atoms with Crippen LogP contribution in [-0.2, 0) is 9.53 Å². The molecule has 4 aliphatic rings. The number of benzene rings is 2. The number of amides is 3. The lowest BCUT2D eigenvalue weighted by molar-refractivity contribution is -0.140. The van der Waals surface area contributed by atoms with Crippen molar-refractivity contribution >= 4 is 17.9 Å². The molecule has 2 aromatic carbocycles. The van der Waals surface area contributed by atoms with Crippen molar-refractivity contribution < 1.29 is 19.1 Å². The molecule has 9 nitrogen and oxygen atoms in total. The molecule has 3 amide bonds. The van der Waals surface area contributed by atoms with E-state index in [0.29, 0.717) is 37.8 Å². The molecule has 2 unspecified atom stereocenters. The Morgan fingerprint density at radius 2 is 1.31 bits per heavy atom. The van der Waals surface area contributed by atoms with Crippen molar-refractivity contribution in [1.29, 1.82) is 0 Å². The molecule has 48 heavy (non-hydrogen) atoms. The molecule has 0 N–H and O–H groups in total. The highest BCUT2D eigenvalue weighted by Crippen LogP contribution is 2.35. The lowest BCUT2D eigenvalue weighted by Gasteiger charge is -2.43. The monoisotopic (exact) mass is 649 g/mol.